The maximum Gasteiger partial charge on any atom is 0.255 e. The van der Waals surface area contributed by atoms with Gasteiger partial charge in [0.25, 0.3) is 11.8 Å². The Morgan fingerprint density at radius 1 is 1.19 bits per heavy atom. The van der Waals surface area contributed by atoms with Crippen LogP contribution in [0.25, 0.3) is 0 Å². The van der Waals surface area contributed by atoms with Crippen molar-refractivity contribution < 1.29 is 24.6 Å². The second-order valence-corrected chi connectivity index (χ2v) is 11.3. The lowest BCUT2D eigenvalue weighted by molar-refractivity contribution is -0.166. The number of amides is 3. The van der Waals surface area contributed by atoms with Gasteiger partial charge >= 0.3 is 0 Å². The molecule has 0 aromatic heterocycles. The van der Waals surface area contributed by atoms with Gasteiger partial charge < -0.3 is 25.3 Å². The molecule has 8 nitrogen and oxygen atoms in total. The molecule has 2 saturated heterocycles. The molecule has 0 radical (unpaired) electrons. The van der Waals surface area contributed by atoms with Crippen LogP contribution in [0.3, 0.4) is 0 Å². The summed E-state index contributed by atoms with van der Waals surface area (Å²) < 4.78 is 0. The standard InChI is InChI=1S/C28H33N3O5S/c1-17(2)13-14-31-27(36)24-28(31,4)37-16-30(24)26(35)23(33)21(15-19-9-6-5-7-10-19)29-25(34)20-11-8-12-22(32)18(20)3/h5-13,21,23-24,32-33H,14-16H2,1-4H3,(H,29,34)/t21-,23-,24?,28-/m0/s1. The fourth-order valence-electron chi connectivity index (χ4n) is 4.83. The normalized spacial score (nSPS) is 22.1. The molecular weight excluding hydrogens is 490 g/mol. The Morgan fingerprint density at radius 3 is 2.57 bits per heavy atom. The van der Waals surface area contributed by atoms with E-state index < -0.39 is 34.9 Å². The smallest absolute Gasteiger partial charge is 0.255 e. The van der Waals surface area contributed by atoms with Gasteiger partial charge in [-0.2, -0.15) is 0 Å². The number of thioether (sulfide) groups is 1. The van der Waals surface area contributed by atoms with E-state index in [1.165, 1.54) is 22.7 Å². The molecule has 2 aliphatic rings. The molecule has 2 aromatic carbocycles. The van der Waals surface area contributed by atoms with Crippen LogP contribution in [-0.2, 0) is 16.0 Å². The molecule has 196 valence electrons. The summed E-state index contributed by atoms with van der Waals surface area (Å²) in [6.07, 6.45) is 0.624. The number of hydrogen-bond acceptors (Lipinski definition) is 6. The molecule has 2 aliphatic heterocycles. The number of fused-ring (bicyclic) bond motifs is 1. The third-order valence-electron chi connectivity index (χ3n) is 7.11. The van der Waals surface area contributed by atoms with Gasteiger partial charge in [0.15, 0.2) is 6.10 Å². The number of nitrogens with one attached hydrogen (secondary N) is 1. The van der Waals surface area contributed by atoms with E-state index in [1.807, 2.05) is 57.2 Å². The van der Waals surface area contributed by atoms with E-state index in [1.54, 1.807) is 24.0 Å². The van der Waals surface area contributed by atoms with Crippen molar-refractivity contribution in [2.75, 3.05) is 12.4 Å². The Kier molecular flexibility index (Phi) is 7.66. The van der Waals surface area contributed by atoms with Crippen molar-refractivity contribution in [1.29, 1.82) is 0 Å². The van der Waals surface area contributed by atoms with Gasteiger partial charge in [-0.15, -0.1) is 11.8 Å². The zero-order chi connectivity index (χ0) is 26.9. The highest BCUT2D eigenvalue weighted by Gasteiger charge is 2.65. The van der Waals surface area contributed by atoms with Crippen LogP contribution in [0.15, 0.2) is 60.2 Å². The Labute approximate surface area is 221 Å². The monoisotopic (exact) mass is 523 g/mol. The molecule has 3 amide bonds. The topological polar surface area (TPSA) is 110 Å². The summed E-state index contributed by atoms with van der Waals surface area (Å²) in [4.78, 5) is 42.3. The number of phenols is 1. The van der Waals surface area contributed by atoms with Crippen molar-refractivity contribution in [2.24, 2.45) is 0 Å². The molecule has 9 heteroatoms. The van der Waals surface area contributed by atoms with Crippen molar-refractivity contribution in [2.45, 2.75) is 57.2 Å². The van der Waals surface area contributed by atoms with Gasteiger partial charge in [0.2, 0.25) is 5.91 Å². The highest BCUT2D eigenvalue weighted by Crippen LogP contribution is 2.50. The van der Waals surface area contributed by atoms with Gasteiger partial charge in [0, 0.05) is 17.7 Å². The molecule has 0 aliphatic carbocycles. The lowest BCUT2D eigenvalue weighted by Gasteiger charge is -2.52. The number of allylic oxidation sites excluding steroid dienone is 1. The first kappa shape index (κ1) is 26.8. The third-order valence-corrected chi connectivity index (χ3v) is 8.55. The van der Waals surface area contributed by atoms with Crippen LogP contribution in [0.4, 0.5) is 0 Å². The lowest BCUT2D eigenvalue weighted by Crippen LogP contribution is -2.74. The van der Waals surface area contributed by atoms with Crippen LogP contribution < -0.4 is 5.32 Å². The zero-order valence-corrected chi connectivity index (χ0v) is 22.3. The second-order valence-electron chi connectivity index (χ2n) is 9.93. The Balaban J connectivity index is 1.55. The van der Waals surface area contributed by atoms with Crippen LogP contribution in [0, 0.1) is 6.92 Å². The molecule has 1 unspecified atom stereocenters. The summed E-state index contributed by atoms with van der Waals surface area (Å²) in [6, 6.07) is 12.3. The SMILES string of the molecule is CC(C)=CCN1C(=O)C2N(C(=O)[C@@H](O)[C@H](Cc3ccccc3)NC(=O)c3cccc(O)c3C)CS[C@@]21C. The van der Waals surface area contributed by atoms with Gasteiger partial charge in [-0.1, -0.05) is 48.0 Å². The van der Waals surface area contributed by atoms with E-state index >= 15 is 0 Å². The minimum absolute atomic E-state index is 0.0153. The summed E-state index contributed by atoms with van der Waals surface area (Å²) in [5.41, 5.74) is 2.60. The van der Waals surface area contributed by atoms with E-state index in [4.69, 9.17) is 0 Å². The molecule has 2 heterocycles. The number of hydrogen-bond donors (Lipinski definition) is 3. The highest BCUT2D eigenvalue weighted by molar-refractivity contribution is 8.01. The molecule has 0 spiro atoms. The number of carbonyl (C=O) groups is 3. The summed E-state index contributed by atoms with van der Waals surface area (Å²) in [6.45, 7) is 7.98. The van der Waals surface area contributed by atoms with Gasteiger partial charge in [0.1, 0.15) is 16.7 Å². The number of benzene rings is 2. The number of aliphatic hydroxyl groups is 1. The van der Waals surface area contributed by atoms with Gasteiger partial charge in [-0.05, 0) is 51.8 Å². The molecule has 37 heavy (non-hydrogen) atoms. The second kappa shape index (κ2) is 10.6. The first-order valence-electron chi connectivity index (χ1n) is 12.2. The number of rotatable bonds is 8. The van der Waals surface area contributed by atoms with Crippen molar-refractivity contribution >= 4 is 29.5 Å². The number of β-lactam (4-membered cyclic amide) rings is 1. The van der Waals surface area contributed by atoms with E-state index in [0.29, 0.717) is 12.1 Å². The average molecular weight is 524 g/mol. The maximum atomic E-state index is 13.6. The van der Waals surface area contributed by atoms with E-state index in [-0.39, 0.29) is 29.5 Å². The summed E-state index contributed by atoms with van der Waals surface area (Å²) in [5, 5.41) is 24.1. The first-order valence-corrected chi connectivity index (χ1v) is 13.2. The van der Waals surface area contributed by atoms with Gasteiger partial charge in [0.05, 0.1) is 11.9 Å². The molecule has 2 aromatic rings. The Morgan fingerprint density at radius 2 is 1.89 bits per heavy atom. The van der Waals surface area contributed by atoms with Crippen molar-refractivity contribution in [3.05, 3.63) is 76.9 Å². The Hall–Kier alpha value is -3.30. The van der Waals surface area contributed by atoms with Gasteiger partial charge in [-0.25, -0.2) is 0 Å². The van der Waals surface area contributed by atoms with Crippen LogP contribution in [-0.4, -0.2) is 73.2 Å². The van der Waals surface area contributed by atoms with E-state index in [0.717, 1.165) is 11.1 Å². The average Bonchev–Trinajstić information content (AvgIpc) is 3.18. The van der Waals surface area contributed by atoms with Crippen molar-refractivity contribution in [3.8, 4) is 5.75 Å². The number of aromatic hydroxyl groups is 1. The van der Waals surface area contributed by atoms with Crippen molar-refractivity contribution in [3.63, 3.8) is 0 Å². The number of aliphatic hydroxyl groups excluding tert-OH is 1. The molecule has 3 N–H and O–H groups in total. The maximum absolute atomic E-state index is 13.6. The lowest BCUT2D eigenvalue weighted by atomic mass is 9.92. The molecule has 4 rings (SSSR count). The minimum atomic E-state index is -1.57. The predicted molar refractivity (Wildman–Crippen MR) is 143 cm³/mol. The number of carbonyl (C=O) groups excluding carboxylic acids is 3. The third kappa shape index (κ3) is 5.10. The summed E-state index contributed by atoms with van der Waals surface area (Å²) in [5.74, 6) is -0.992. The molecule has 2 fully saturated rings. The van der Waals surface area contributed by atoms with Crippen LogP contribution in [0.2, 0.25) is 0 Å². The molecular formula is C28H33N3O5S. The van der Waals surface area contributed by atoms with E-state index in [2.05, 4.69) is 5.32 Å². The van der Waals surface area contributed by atoms with Crippen LogP contribution >= 0.6 is 11.8 Å². The van der Waals surface area contributed by atoms with Crippen LogP contribution in [0.1, 0.15) is 42.3 Å². The number of phenolic OH excluding ortho intramolecular Hbond substituents is 1. The van der Waals surface area contributed by atoms with Crippen LogP contribution in [0.5, 0.6) is 5.75 Å². The molecule has 0 saturated carbocycles. The quantitative estimate of drug-likeness (QED) is 0.363. The highest BCUT2D eigenvalue weighted by atomic mass is 32.2. The number of nitrogens with zero attached hydrogens (tertiary/aromatic N) is 2. The minimum Gasteiger partial charge on any atom is -0.508 e. The van der Waals surface area contributed by atoms with Crippen molar-refractivity contribution in [1.82, 2.24) is 15.1 Å². The zero-order valence-electron chi connectivity index (χ0n) is 21.5. The fourth-order valence-corrected chi connectivity index (χ4v) is 6.22. The van der Waals surface area contributed by atoms with Gasteiger partial charge in [-0.3, -0.25) is 14.4 Å². The summed E-state index contributed by atoms with van der Waals surface area (Å²) in [7, 11) is 0. The largest absolute Gasteiger partial charge is 0.508 e. The Bertz CT molecular complexity index is 1230. The predicted octanol–water partition coefficient (Wildman–Crippen LogP) is 2.83. The molecule has 0 bridgehead atoms. The number of likely N-dealkylation sites (tertiary alicyclic amines) is 1. The van der Waals surface area contributed by atoms with E-state index in [9.17, 15) is 24.6 Å². The molecule has 4 atom stereocenters. The fraction of sp³-hybridized carbons (Fsp3) is 0.393. The summed E-state index contributed by atoms with van der Waals surface area (Å²) >= 11 is 1.50. The first-order chi connectivity index (χ1) is 17.5.